The first-order valence-corrected chi connectivity index (χ1v) is 10.5. The molecular formula is C20H20N2O2S2. The van der Waals surface area contributed by atoms with E-state index < -0.39 is 0 Å². The second kappa shape index (κ2) is 7.78. The number of thiophene rings is 1. The van der Waals surface area contributed by atoms with Crippen molar-refractivity contribution in [1.82, 2.24) is 9.55 Å². The molecule has 1 atom stereocenters. The zero-order chi connectivity index (χ0) is 17.9. The SMILES string of the molecule is C=CCn1c(SCC2CCCO2)nc2cc(-c3ccccc3)sc2c1=O. The summed E-state index contributed by atoms with van der Waals surface area (Å²) in [5.74, 6) is 0.824. The number of rotatable bonds is 6. The fourth-order valence-electron chi connectivity index (χ4n) is 3.08. The molecule has 0 saturated carbocycles. The molecule has 4 rings (SSSR count). The molecule has 3 heterocycles. The summed E-state index contributed by atoms with van der Waals surface area (Å²) in [6, 6.07) is 12.1. The van der Waals surface area contributed by atoms with Gasteiger partial charge in [-0.2, -0.15) is 0 Å². The van der Waals surface area contributed by atoms with E-state index in [0.29, 0.717) is 11.2 Å². The molecule has 1 aromatic carbocycles. The van der Waals surface area contributed by atoms with Crippen molar-refractivity contribution in [3.05, 3.63) is 59.4 Å². The van der Waals surface area contributed by atoms with Gasteiger partial charge in [0, 0.05) is 23.8 Å². The van der Waals surface area contributed by atoms with Gasteiger partial charge in [0.15, 0.2) is 5.16 Å². The molecule has 1 aliphatic heterocycles. The molecule has 0 N–H and O–H groups in total. The van der Waals surface area contributed by atoms with Crippen LogP contribution in [0.25, 0.3) is 20.7 Å². The number of aromatic nitrogens is 2. The first-order chi connectivity index (χ1) is 12.8. The zero-order valence-electron chi connectivity index (χ0n) is 14.4. The second-order valence-electron chi connectivity index (χ2n) is 6.24. The summed E-state index contributed by atoms with van der Waals surface area (Å²) in [5, 5.41) is 0.746. The smallest absolute Gasteiger partial charge is 0.272 e. The van der Waals surface area contributed by atoms with Crippen LogP contribution < -0.4 is 5.56 Å². The Kier molecular flexibility index (Phi) is 5.24. The van der Waals surface area contributed by atoms with Gasteiger partial charge in [-0.25, -0.2) is 4.98 Å². The molecule has 134 valence electrons. The van der Waals surface area contributed by atoms with E-state index in [1.165, 1.54) is 11.3 Å². The van der Waals surface area contributed by atoms with Crippen LogP contribution in [0.1, 0.15) is 12.8 Å². The Morgan fingerprint density at radius 1 is 1.38 bits per heavy atom. The molecule has 6 heteroatoms. The van der Waals surface area contributed by atoms with Gasteiger partial charge in [0.2, 0.25) is 0 Å². The molecule has 0 amide bonds. The topological polar surface area (TPSA) is 44.1 Å². The molecule has 0 aliphatic carbocycles. The van der Waals surface area contributed by atoms with Crippen molar-refractivity contribution in [2.45, 2.75) is 30.6 Å². The first-order valence-electron chi connectivity index (χ1n) is 8.71. The van der Waals surface area contributed by atoms with Gasteiger partial charge in [0.25, 0.3) is 5.56 Å². The van der Waals surface area contributed by atoms with Crippen molar-refractivity contribution < 1.29 is 4.74 Å². The number of hydrogen-bond acceptors (Lipinski definition) is 5. The maximum Gasteiger partial charge on any atom is 0.272 e. The summed E-state index contributed by atoms with van der Waals surface area (Å²) >= 11 is 3.11. The van der Waals surface area contributed by atoms with E-state index in [1.54, 1.807) is 22.4 Å². The highest BCUT2D eigenvalue weighted by molar-refractivity contribution is 7.99. The Bertz CT molecular complexity index is 973. The second-order valence-corrected chi connectivity index (χ2v) is 8.28. The monoisotopic (exact) mass is 384 g/mol. The number of allylic oxidation sites excluding steroid dienone is 1. The van der Waals surface area contributed by atoms with Crippen molar-refractivity contribution in [1.29, 1.82) is 0 Å². The van der Waals surface area contributed by atoms with Gasteiger partial charge in [0.1, 0.15) is 4.70 Å². The Balaban J connectivity index is 1.73. The predicted octanol–water partition coefficient (Wildman–Crippen LogP) is 4.58. The molecule has 2 aromatic heterocycles. The normalized spacial score (nSPS) is 17.0. The highest BCUT2D eigenvalue weighted by Gasteiger charge is 2.19. The minimum Gasteiger partial charge on any atom is -0.377 e. The minimum absolute atomic E-state index is 0.0110. The summed E-state index contributed by atoms with van der Waals surface area (Å²) in [6.45, 7) is 5.09. The van der Waals surface area contributed by atoms with Crippen LogP contribution in [0.4, 0.5) is 0 Å². The average Bonchev–Trinajstić information content (AvgIpc) is 3.33. The quantitative estimate of drug-likeness (QED) is 0.354. The number of ether oxygens (including phenoxy) is 1. The maximum absolute atomic E-state index is 13.0. The number of thioether (sulfide) groups is 1. The van der Waals surface area contributed by atoms with Crippen LogP contribution in [0.15, 0.2) is 59.0 Å². The lowest BCUT2D eigenvalue weighted by Crippen LogP contribution is -2.22. The van der Waals surface area contributed by atoms with Crippen LogP contribution >= 0.6 is 23.1 Å². The van der Waals surface area contributed by atoms with Crippen LogP contribution in [-0.4, -0.2) is 28.0 Å². The summed E-state index contributed by atoms with van der Waals surface area (Å²) in [7, 11) is 0. The third-order valence-corrected chi connectivity index (χ3v) is 6.66. The van der Waals surface area contributed by atoms with Gasteiger partial charge >= 0.3 is 0 Å². The fraction of sp³-hybridized carbons (Fsp3) is 0.300. The van der Waals surface area contributed by atoms with E-state index in [-0.39, 0.29) is 11.7 Å². The number of hydrogen-bond donors (Lipinski definition) is 0. The number of nitrogens with zero attached hydrogens (tertiary/aromatic N) is 2. The molecule has 0 spiro atoms. The lowest BCUT2D eigenvalue weighted by atomic mass is 10.2. The molecule has 3 aromatic rings. The van der Waals surface area contributed by atoms with E-state index in [1.807, 2.05) is 24.3 Å². The molecule has 1 saturated heterocycles. The zero-order valence-corrected chi connectivity index (χ0v) is 16.0. The van der Waals surface area contributed by atoms with Gasteiger partial charge in [-0.3, -0.25) is 9.36 Å². The third-order valence-electron chi connectivity index (χ3n) is 4.39. The van der Waals surface area contributed by atoms with Crippen molar-refractivity contribution in [3.8, 4) is 10.4 Å². The standard InChI is InChI=1S/C20H20N2O2S2/c1-2-10-22-19(23)18-16(12-17(26-18)14-7-4-3-5-8-14)21-20(22)25-13-15-9-6-11-24-15/h2-5,7-8,12,15H,1,6,9-11,13H2. The summed E-state index contributed by atoms with van der Waals surface area (Å²) in [4.78, 5) is 18.9. The van der Waals surface area contributed by atoms with Gasteiger partial charge in [-0.05, 0) is 24.5 Å². The van der Waals surface area contributed by atoms with Crippen LogP contribution in [0.3, 0.4) is 0 Å². The van der Waals surface area contributed by atoms with Gasteiger partial charge in [0.05, 0.1) is 11.6 Å². The minimum atomic E-state index is 0.0110. The molecule has 0 bridgehead atoms. The lowest BCUT2D eigenvalue weighted by Gasteiger charge is -2.12. The van der Waals surface area contributed by atoms with Crippen molar-refractivity contribution in [3.63, 3.8) is 0 Å². The van der Waals surface area contributed by atoms with E-state index in [0.717, 1.165) is 46.3 Å². The number of benzene rings is 1. The molecule has 4 nitrogen and oxygen atoms in total. The average molecular weight is 385 g/mol. The summed E-state index contributed by atoms with van der Waals surface area (Å²) in [5.41, 5.74) is 1.89. The highest BCUT2D eigenvalue weighted by atomic mass is 32.2. The molecule has 1 aliphatic rings. The van der Waals surface area contributed by atoms with Gasteiger partial charge in [-0.1, -0.05) is 48.2 Å². The third kappa shape index (κ3) is 3.49. The first kappa shape index (κ1) is 17.5. The van der Waals surface area contributed by atoms with E-state index in [2.05, 4.69) is 18.7 Å². The Hall–Kier alpha value is -1.89. The van der Waals surface area contributed by atoms with E-state index in [4.69, 9.17) is 9.72 Å². The maximum atomic E-state index is 13.0. The van der Waals surface area contributed by atoms with Crippen molar-refractivity contribution >= 4 is 33.3 Å². The summed E-state index contributed by atoms with van der Waals surface area (Å²) < 4.78 is 8.12. The van der Waals surface area contributed by atoms with Crippen LogP contribution in [0.2, 0.25) is 0 Å². The lowest BCUT2D eigenvalue weighted by molar-refractivity contribution is 0.129. The van der Waals surface area contributed by atoms with Crippen LogP contribution in [0.5, 0.6) is 0 Å². The fourth-order valence-corrected chi connectivity index (χ4v) is 5.20. The highest BCUT2D eigenvalue weighted by Crippen LogP contribution is 2.32. The molecule has 26 heavy (non-hydrogen) atoms. The molecule has 1 fully saturated rings. The van der Waals surface area contributed by atoms with Gasteiger partial charge in [-0.15, -0.1) is 17.9 Å². The van der Waals surface area contributed by atoms with E-state index >= 15 is 0 Å². The van der Waals surface area contributed by atoms with Crippen molar-refractivity contribution in [2.75, 3.05) is 12.4 Å². The van der Waals surface area contributed by atoms with Crippen LogP contribution in [0, 0.1) is 0 Å². The summed E-state index contributed by atoms with van der Waals surface area (Å²) in [6.07, 6.45) is 4.20. The van der Waals surface area contributed by atoms with Crippen LogP contribution in [-0.2, 0) is 11.3 Å². The van der Waals surface area contributed by atoms with Crippen molar-refractivity contribution in [2.24, 2.45) is 0 Å². The van der Waals surface area contributed by atoms with Gasteiger partial charge < -0.3 is 4.74 Å². The molecule has 0 radical (unpaired) electrons. The molecule has 1 unspecified atom stereocenters. The largest absolute Gasteiger partial charge is 0.377 e. The molecular weight excluding hydrogens is 364 g/mol. The predicted molar refractivity (Wildman–Crippen MR) is 109 cm³/mol. The Labute approximate surface area is 160 Å². The Morgan fingerprint density at radius 3 is 2.96 bits per heavy atom. The number of fused-ring (bicyclic) bond motifs is 1. The Morgan fingerprint density at radius 2 is 2.23 bits per heavy atom. The van der Waals surface area contributed by atoms with E-state index in [9.17, 15) is 4.79 Å².